The highest BCUT2D eigenvalue weighted by Crippen LogP contribution is 2.39. The van der Waals surface area contributed by atoms with E-state index in [1.54, 1.807) is 0 Å². The number of ether oxygens (including phenoxy) is 3. The first-order valence-corrected chi connectivity index (χ1v) is 10.7. The van der Waals surface area contributed by atoms with Gasteiger partial charge < -0.3 is 18.8 Å². The molecule has 0 spiro atoms. The number of esters is 3. The first-order valence-electron chi connectivity index (χ1n) is 10.7. The van der Waals surface area contributed by atoms with Gasteiger partial charge in [-0.2, -0.15) is 0 Å². The Balaban J connectivity index is 2.26. The minimum atomic E-state index is -1.13. The molecule has 1 unspecified atom stereocenters. The van der Waals surface area contributed by atoms with Crippen molar-refractivity contribution in [3.63, 3.8) is 0 Å². The van der Waals surface area contributed by atoms with Crippen LogP contribution < -0.4 is 0 Å². The maximum Gasteiger partial charge on any atom is 0.320 e. The summed E-state index contributed by atoms with van der Waals surface area (Å²) in [4.78, 5) is 37.3. The zero-order chi connectivity index (χ0) is 24.1. The zero-order valence-corrected chi connectivity index (χ0v) is 19.6. The van der Waals surface area contributed by atoms with Gasteiger partial charge in [0.15, 0.2) is 5.92 Å². The maximum atomic E-state index is 12.4. The molecule has 174 valence electrons. The largest absolute Gasteiger partial charge is 0.469 e. The van der Waals surface area contributed by atoms with Crippen molar-refractivity contribution in [3.8, 4) is 0 Å². The zero-order valence-electron chi connectivity index (χ0n) is 19.6. The average Bonchev–Trinajstić information content (AvgIpc) is 3.11. The molecule has 0 saturated heterocycles. The Morgan fingerprint density at radius 2 is 1.48 bits per heavy atom. The van der Waals surface area contributed by atoms with Crippen molar-refractivity contribution in [1.82, 2.24) is 4.57 Å². The van der Waals surface area contributed by atoms with Gasteiger partial charge in [-0.05, 0) is 24.1 Å². The molecule has 7 heteroatoms. The Hall–Kier alpha value is -3.61. The van der Waals surface area contributed by atoms with E-state index in [1.807, 2.05) is 67.1 Å². The molecule has 0 N–H and O–H groups in total. The number of hydrogen-bond donors (Lipinski definition) is 0. The van der Waals surface area contributed by atoms with Gasteiger partial charge in [0, 0.05) is 36.0 Å². The highest BCUT2D eigenvalue weighted by molar-refractivity contribution is 5.96. The molecule has 0 radical (unpaired) electrons. The second-order valence-electron chi connectivity index (χ2n) is 7.98. The first-order chi connectivity index (χ1) is 15.8. The molecule has 3 rings (SSSR count). The summed E-state index contributed by atoms with van der Waals surface area (Å²) < 4.78 is 16.7. The SMILES string of the molecule is COC(=O)CC(c1ccc(C)cc1)c1c(CC(C(=O)OC)C(=O)OC)n(C)c2ccccc12. The monoisotopic (exact) mass is 451 g/mol. The molecule has 0 aliphatic heterocycles. The van der Waals surface area contributed by atoms with E-state index in [9.17, 15) is 14.4 Å². The number of aryl methyl sites for hydroxylation is 2. The van der Waals surface area contributed by atoms with Crippen molar-refractivity contribution in [2.45, 2.75) is 25.7 Å². The minimum Gasteiger partial charge on any atom is -0.469 e. The van der Waals surface area contributed by atoms with Crippen LogP contribution in [0, 0.1) is 12.8 Å². The van der Waals surface area contributed by atoms with Crippen molar-refractivity contribution in [3.05, 3.63) is 70.9 Å². The summed E-state index contributed by atoms with van der Waals surface area (Å²) in [6.07, 6.45) is 0.186. The van der Waals surface area contributed by atoms with E-state index in [0.29, 0.717) is 0 Å². The van der Waals surface area contributed by atoms with Crippen LogP contribution in [0.1, 0.15) is 34.7 Å². The third-order valence-electron chi connectivity index (χ3n) is 6.07. The summed E-state index contributed by atoms with van der Waals surface area (Å²) >= 11 is 0. The summed E-state index contributed by atoms with van der Waals surface area (Å²) in [5.41, 5.74) is 4.60. The molecule has 0 aliphatic carbocycles. The maximum absolute atomic E-state index is 12.4. The number of aromatic nitrogens is 1. The number of carbonyl (C=O) groups excluding carboxylic acids is 3. The lowest BCUT2D eigenvalue weighted by Crippen LogP contribution is -2.29. The topological polar surface area (TPSA) is 83.8 Å². The summed E-state index contributed by atoms with van der Waals surface area (Å²) in [7, 11) is 5.74. The van der Waals surface area contributed by atoms with Gasteiger partial charge in [0.1, 0.15) is 0 Å². The summed E-state index contributed by atoms with van der Waals surface area (Å²) in [6, 6.07) is 15.8. The van der Waals surface area contributed by atoms with Gasteiger partial charge in [-0.1, -0.05) is 48.0 Å². The van der Waals surface area contributed by atoms with Gasteiger partial charge in [0.2, 0.25) is 0 Å². The lowest BCUT2D eigenvalue weighted by Gasteiger charge is -2.21. The van der Waals surface area contributed by atoms with E-state index in [1.165, 1.54) is 21.3 Å². The Morgan fingerprint density at radius 3 is 2.06 bits per heavy atom. The highest BCUT2D eigenvalue weighted by atomic mass is 16.5. The number of rotatable bonds is 8. The van der Waals surface area contributed by atoms with Gasteiger partial charge >= 0.3 is 17.9 Å². The average molecular weight is 452 g/mol. The van der Waals surface area contributed by atoms with Gasteiger partial charge in [0.25, 0.3) is 0 Å². The van der Waals surface area contributed by atoms with Crippen LogP contribution in [0.15, 0.2) is 48.5 Å². The van der Waals surface area contributed by atoms with E-state index in [2.05, 4.69) is 0 Å². The first kappa shape index (κ1) is 24.0. The second-order valence-corrected chi connectivity index (χ2v) is 7.98. The quantitative estimate of drug-likeness (QED) is 0.295. The van der Waals surface area contributed by atoms with Crippen LogP contribution in [0.3, 0.4) is 0 Å². The van der Waals surface area contributed by atoms with Crippen LogP contribution in [0.5, 0.6) is 0 Å². The number of fused-ring (bicyclic) bond motifs is 1. The van der Waals surface area contributed by atoms with Crippen LogP contribution in [0.25, 0.3) is 10.9 Å². The fourth-order valence-electron chi connectivity index (χ4n) is 4.29. The molecule has 2 aromatic carbocycles. The molecule has 7 nitrogen and oxygen atoms in total. The lowest BCUT2D eigenvalue weighted by atomic mass is 9.84. The second kappa shape index (κ2) is 10.3. The summed E-state index contributed by atoms with van der Waals surface area (Å²) in [5, 5.41) is 0.943. The lowest BCUT2D eigenvalue weighted by molar-refractivity contribution is -0.158. The van der Waals surface area contributed by atoms with Crippen molar-refractivity contribution < 1.29 is 28.6 Å². The third kappa shape index (κ3) is 4.92. The number of methoxy groups -OCH3 is 3. The van der Waals surface area contributed by atoms with E-state index >= 15 is 0 Å². The van der Waals surface area contributed by atoms with Crippen LogP contribution in [0.4, 0.5) is 0 Å². The summed E-state index contributed by atoms with van der Waals surface area (Å²) in [6.45, 7) is 2.00. The fourth-order valence-corrected chi connectivity index (χ4v) is 4.29. The predicted molar refractivity (Wildman–Crippen MR) is 124 cm³/mol. The molecule has 33 heavy (non-hydrogen) atoms. The third-order valence-corrected chi connectivity index (χ3v) is 6.07. The predicted octanol–water partition coefficient (Wildman–Crippen LogP) is 3.69. The van der Waals surface area contributed by atoms with Crippen LogP contribution in [0.2, 0.25) is 0 Å². The minimum absolute atomic E-state index is 0.0728. The van der Waals surface area contributed by atoms with Crippen molar-refractivity contribution in [2.75, 3.05) is 21.3 Å². The Bertz CT molecular complexity index is 1150. The number of benzene rings is 2. The number of nitrogens with zero attached hydrogens (tertiary/aromatic N) is 1. The van der Waals surface area contributed by atoms with Gasteiger partial charge in [-0.3, -0.25) is 14.4 Å². The van der Waals surface area contributed by atoms with Crippen molar-refractivity contribution >= 4 is 28.8 Å². The molecule has 0 fully saturated rings. The smallest absolute Gasteiger partial charge is 0.320 e. The number of carbonyl (C=O) groups is 3. The van der Waals surface area contributed by atoms with E-state index in [4.69, 9.17) is 14.2 Å². The van der Waals surface area contributed by atoms with Gasteiger partial charge in [-0.15, -0.1) is 0 Å². The molecule has 1 heterocycles. The molecule has 0 bridgehead atoms. The van der Waals surface area contributed by atoms with Crippen molar-refractivity contribution in [1.29, 1.82) is 0 Å². The van der Waals surface area contributed by atoms with Gasteiger partial charge in [0.05, 0.1) is 27.8 Å². The molecule has 0 aliphatic rings. The Labute approximate surface area is 193 Å². The molecular weight excluding hydrogens is 422 g/mol. The molecule has 3 aromatic rings. The highest BCUT2D eigenvalue weighted by Gasteiger charge is 2.34. The number of hydrogen-bond acceptors (Lipinski definition) is 6. The standard InChI is InChI=1S/C26H29NO6/c1-16-10-12-17(13-11-16)19(15-23(28)31-3)24-18-8-6-7-9-21(18)27(2)22(24)14-20(25(29)32-4)26(30)33-5/h6-13,19-20H,14-15H2,1-5H3. The molecule has 1 atom stereocenters. The summed E-state index contributed by atoms with van der Waals surface area (Å²) in [5.74, 6) is -3.15. The molecule has 0 amide bonds. The molecule has 0 saturated carbocycles. The van der Waals surface area contributed by atoms with E-state index < -0.39 is 17.9 Å². The van der Waals surface area contributed by atoms with E-state index in [0.717, 1.165) is 33.3 Å². The number of para-hydroxylation sites is 1. The molecular formula is C26H29NO6. The van der Waals surface area contributed by atoms with Crippen LogP contribution in [-0.2, 0) is 42.1 Å². The van der Waals surface area contributed by atoms with Crippen LogP contribution >= 0.6 is 0 Å². The van der Waals surface area contributed by atoms with Crippen molar-refractivity contribution in [2.24, 2.45) is 13.0 Å². The van der Waals surface area contributed by atoms with Gasteiger partial charge in [-0.25, -0.2) is 0 Å². The Kier molecular flexibility index (Phi) is 7.53. The normalized spacial score (nSPS) is 11.9. The Morgan fingerprint density at radius 1 is 0.879 bits per heavy atom. The van der Waals surface area contributed by atoms with Crippen LogP contribution in [-0.4, -0.2) is 43.8 Å². The molecule has 1 aromatic heterocycles. The van der Waals surface area contributed by atoms with E-state index in [-0.39, 0.29) is 24.7 Å². The fraction of sp³-hybridized carbons (Fsp3) is 0.346.